The molecule has 2 bridgehead atoms. The van der Waals surface area contributed by atoms with Gasteiger partial charge < -0.3 is 9.88 Å². The standard InChI is InChI=1S/C20H23N3O2/c1-11-15-8-13(20(15,2)3)9-17(11)22-18(24)12-5-6-16-14(7-12)19(25)23(4)10-21-16/h5-7,10,13,15,17H,1,8-9H2,2-4H3,(H,22,24)/t13-,15+,17?/m1/s1. The lowest BCUT2D eigenvalue weighted by atomic mass is 9.46. The van der Waals surface area contributed by atoms with Crippen LogP contribution in [0, 0.1) is 17.3 Å². The van der Waals surface area contributed by atoms with Crippen molar-refractivity contribution < 1.29 is 4.79 Å². The van der Waals surface area contributed by atoms with E-state index in [4.69, 9.17) is 0 Å². The summed E-state index contributed by atoms with van der Waals surface area (Å²) in [6.45, 7) is 8.84. The SMILES string of the molecule is C=C1C(NC(=O)c2ccc3ncn(C)c(=O)c3c2)C[C@H]2C[C@@H]1C2(C)C. The van der Waals surface area contributed by atoms with Crippen LogP contribution in [0.1, 0.15) is 37.0 Å². The molecule has 0 radical (unpaired) electrons. The third-order valence-electron chi connectivity index (χ3n) is 6.37. The molecule has 5 rings (SSSR count). The minimum Gasteiger partial charge on any atom is -0.346 e. The summed E-state index contributed by atoms with van der Waals surface area (Å²) < 4.78 is 1.42. The number of nitrogens with zero attached hydrogens (tertiary/aromatic N) is 2. The molecule has 2 aromatic rings. The largest absolute Gasteiger partial charge is 0.346 e. The Kier molecular flexibility index (Phi) is 3.39. The molecule has 25 heavy (non-hydrogen) atoms. The maximum Gasteiger partial charge on any atom is 0.260 e. The zero-order valence-electron chi connectivity index (χ0n) is 14.9. The van der Waals surface area contributed by atoms with E-state index in [0.29, 0.717) is 33.7 Å². The first-order valence-corrected chi connectivity index (χ1v) is 8.74. The smallest absolute Gasteiger partial charge is 0.260 e. The van der Waals surface area contributed by atoms with Gasteiger partial charge in [0.15, 0.2) is 0 Å². The van der Waals surface area contributed by atoms with Crippen molar-refractivity contribution in [3.05, 3.63) is 52.6 Å². The Morgan fingerprint density at radius 3 is 2.80 bits per heavy atom. The van der Waals surface area contributed by atoms with Crippen LogP contribution >= 0.6 is 0 Å². The van der Waals surface area contributed by atoms with Crippen LogP contribution in [0.5, 0.6) is 0 Å². The monoisotopic (exact) mass is 337 g/mol. The molecule has 3 atom stereocenters. The molecule has 5 nitrogen and oxygen atoms in total. The van der Waals surface area contributed by atoms with Crippen molar-refractivity contribution in [1.29, 1.82) is 0 Å². The highest BCUT2D eigenvalue weighted by Crippen LogP contribution is 2.60. The normalized spacial score (nSPS) is 27.0. The second-order valence-electron chi connectivity index (χ2n) is 8.04. The zero-order chi connectivity index (χ0) is 17.9. The first-order valence-electron chi connectivity index (χ1n) is 8.74. The van der Waals surface area contributed by atoms with E-state index < -0.39 is 0 Å². The van der Waals surface area contributed by atoms with Gasteiger partial charge in [-0.1, -0.05) is 26.0 Å². The lowest BCUT2D eigenvalue weighted by Gasteiger charge is -2.60. The summed E-state index contributed by atoms with van der Waals surface area (Å²) in [7, 11) is 1.65. The van der Waals surface area contributed by atoms with Crippen LogP contribution in [0.4, 0.5) is 0 Å². The van der Waals surface area contributed by atoms with E-state index in [1.165, 1.54) is 17.3 Å². The molecule has 3 fully saturated rings. The fourth-order valence-electron chi connectivity index (χ4n) is 4.47. The number of fused-ring (bicyclic) bond motifs is 3. The molecule has 1 aromatic carbocycles. The molecule has 3 aliphatic rings. The van der Waals surface area contributed by atoms with Gasteiger partial charge in [0.05, 0.1) is 23.3 Å². The molecule has 3 saturated carbocycles. The van der Waals surface area contributed by atoms with E-state index in [0.717, 1.165) is 12.0 Å². The molecule has 0 aliphatic heterocycles. The van der Waals surface area contributed by atoms with E-state index in [9.17, 15) is 9.59 Å². The second-order valence-corrected chi connectivity index (χ2v) is 8.04. The van der Waals surface area contributed by atoms with Gasteiger partial charge >= 0.3 is 0 Å². The second kappa shape index (κ2) is 5.28. The number of benzene rings is 1. The summed E-state index contributed by atoms with van der Waals surface area (Å²) in [5.74, 6) is 0.976. The molecule has 5 heteroatoms. The van der Waals surface area contributed by atoms with E-state index in [2.05, 4.69) is 30.7 Å². The Morgan fingerprint density at radius 2 is 2.12 bits per heavy atom. The van der Waals surface area contributed by atoms with Crippen LogP contribution in [0.3, 0.4) is 0 Å². The number of amides is 1. The molecule has 130 valence electrons. The topological polar surface area (TPSA) is 64.0 Å². The van der Waals surface area contributed by atoms with Gasteiger partial charge in [-0.25, -0.2) is 4.98 Å². The minimum absolute atomic E-state index is 0.0247. The molecule has 1 heterocycles. The van der Waals surface area contributed by atoms with Gasteiger partial charge in [-0.2, -0.15) is 0 Å². The molecule has 3 aliphatic carbocycles. The highest BCUT2D eigenvalue weighted by atomic mass is 16.1. The fraction of sp³-hybridized carbons (Fsp3) is 0.450. The number of rotatable bonds is 2. The van der Waals surface area contributed by atoms with Crippen molar-refractivity contribution in [3.8, 4) is 0 Å². The number of nitrogens with one attached hydrogen (secondary N) is 1. The average molecular weight is 337 g/mol. The van der Waals surface area contributed by atoms with Crippen molar-refractivity contribution in [2.24, 2.45) is 24.3 Å². The van der Waals surface area contributed by atoms with E-state index >= 15 is 0 Å². The van der Waals surface area contributed by atoms with Crippen LogP contribution in [0.2, 0.25) is 0 Å². The van der Waals surface area contributed by atoms with Crippen LogP contribution in [0.15, 0.2) is 41.5 Å². The first kappa shape index (κ1) is 16.1. The third kappa shape index (κ3) is 2.33. The fourth-order valence-corrected chi connectivity index (χ4v) is 4.47. The molecule has 1 amide bonds. The van der Waals surface area contributed by atoms with E-state index in [-0.39, 0.29) is 17.5 Å². The predicted octanol–water partition coefficient (Wildman–Crippen LogP) is 2.65. The van der Waals surface area contributed by atoms with Crippen LogP contribution in [-0.4, -0.2) is 21.5 Å². The van der Waals surface area contributed by atoms with Crippen LogP contribution < -0.4 is 10.9 Å². The number of hydrogen-bond donors (Lipinski definition) is 1. The van der Waals surface area contributed by atoms with Gasteiger partial charge in [0.2, 0.25) is 0 Å². The minimum atomic E-state index is -0.155. The molecule has 1 unspecified atom stereocenters. The number of aryl methyl sites for hydroxylation is 1. The van der Waals surface area contributed by atoms with Crippen molar-refractivity contribution in [2.45, 2.75) is 32.7 Å². The number of hydrogen-bond acceptors (Lipinski definition) is 3. The van der Waals surface area contributed by atoms with Gasteiger partial charge in [0, 0.05) is 12.6 Å². The first-order chi connectivity index (χ1) is 11.8. The molecular weight excluding hydrogens is 314 g/mol. The Bertz CT molecular complexity index is 957. The zero-order valence-corrected chi connectivity index (χ0v) is 14.9. The maximum atomic E-state index is 12.7. The van der Waals surface area contributed by atoms with E-state index in [1.54, 1.807) is 25.2 Å². The quantitative estimate of drug-likeness (QED) is 0.857. The summed E-state index contributed by atoms with van der Waals surface area (Å²) in [5.41, 5.74) is 2.39. The average Bonchev–Trinajstić information content (AvgIpc) is 2.59. The van der Waals surface area contributed by atoms with Gasteiger partial charge in [-0.05, 0) is 48.3 Å². The van der Waals surface area contributed by atoms with Gasteiger partial charge in [-0.15, -0.1) is 0 Å². The Balaban J connectivity index is 1.58. The number of aromatic nitrogens is 2. The summed E-state index contributed by atoms with van der Waals surface area (Å²) in [6.07, 6.45) is 3.63. The summed E-state index contributed by atoms with van der Waals surface area (Å²) >= 11 is 0. The summed E-state index contributed by atoms with van der Waals surface area (Å²) in [6, 6.07) is 5.11. The lowest BCUT2D eigenvalue weighted by molar-refractivity contribution is -0.0374. The molecular formula is C20H23N3O2. The predicted molar refractivity (Wildman–Crippen MR) is 97.4 cm³/mol. The third-order valence-corrected chi connectivity index (χ3v) is 6.37. The Hall–Kier alpha value is -2.43. The Labute approximate surface area is 146 Å². The summed E-state index contributed by atoms with van der Waals surface area (Å²) in [5, 5.41) is 3.58. The van der Waals surface area contributed by atoms with Crippen molar-refractivity contribution >= 4 is 16.8 Å². The lowest BCUT2D eigenvalue weighted by Crippen LogP contribution is -2.57. The summed E-state index contributed by atoms with van der Waals surface area (Å²) in [4.78, 5) is 29.2. The maximum absolute atomic E-state index is 12.7. The van der Waals surface area contributed by atoms with Gasteiger partial charge in [0.25, 0.3) is 11.5 Å². The van der Waals surface area contributed by atoms with Gasteiger partial charge in [0.1, 0.15) is 0 Å². The van der Waals surface area contributed by atoms with E-state index in [1.807, 2.05) is 0 Å². The van der Waals surface area contributed by atoms with Crippen molar-refractivity contribution in [1.82, 2.24) is 14.9 Å². The Morgan fingerprint density at radius 1 is 1.36 bits per heavy atom. The molecule has 0 spiro atoms. The highest BCUT2D eigenvalue weighted by molar-refractivity contribution is 5.98. The highest BCUT2D eigenvalue weighted by Gasteiger charge is 2.54. The van der Waals surface area contributed by atoms with Crippen LogP contribution in [0.25, 0.3) is 10.9 Å². The van der Waals surface area contributed by atoms with Crippen molar-refractivity contribution in [3.63, 3.8) is 0 Å². The molecule has 1 aromatic heterocycles. The van der Waals surface area contributed by atoms with Crippen molar-refractivity contribution in [2.75, 3.05) is 0 Å². The van der Waals surface area contributed by atoms with Gasteiger partial charge in [-0.3, -0.25) is 9.59 Å². The number of carbonyl (C=O) groups is 1. The van der Waals surface area contributed by atoms with Crippen LogP contribution in [-0.2, 0) is 7.05 Å². The molecule has 0 saturated heterocycles. The number of carbonyl (C=O) groups excluding carboxylic acids is 1. The molecule has 1 N–H and O–H groups in total.